The smallest absolute Gasteiger partial charge is 0.173 e. The van der Waals surface area contributed by atoms with E-state index in [1.165, 1.54) is 68.3 Å². The summed E-state index contributed by atoms with van der Waals surface area (Å²) >= 11 is 6.00. The van der Waals surface area contributed by atoms with Crippen LogP contribution in [0.5, 0.6) is 5.75 Å². The van der Waals surface area contributed by atoms with Gasteiger partial charge in [-0.3, -0.25) is 0 Å². The molecule has 1 aliphatic carbocycles. The number of nitrogens with one attached hydrogen (secondary N) is 1. The van der Waals surface area contributed by atoms with Gasteiger partial charge in [-0.05, 0) is 91.7 Å². The second-order valence-corrected chi connectivity index (χ2v) is 10.1. The average molecular weight is 466 g/mol. The molecule has 1 aliphatic heterocycles. The summed E-state index contributed by atoms with van der Waals surface area (Å²) in [5.41, 5.74) is 5.31. The number of aryl methyl sites for hydroxylation is 1. The summed E-state index contributed by atoms with van der Waals surface area (Å²) in [5, 5.41) is 4.33. The van der Waals surface area contributed by atoms with E-state index in [0.29, 0.717) is 12.0 Å². The molecule has 2 aromatic rings. The van der Waals surface area contributed by atoms with Crippen LogP contribution in [0, 0.1) is 5.92 Å². The monoisotopic (exact) mass is 465 g/mol. The summed E-state index contributed by atoms with van der Waals surface area (Å²) in [5.74, 6) is 1.50. The lowest BCUT2D eigenvalue weighted by Gasteiger charge is -2.40. The topological polar surface area (TPSA) is 27.7 Å². The minimum Gasteiger partial charge on any atom is -0.497 e. The molecule has 1 N–H and O–H groups in total. The Balaban J connectivity index is 1.55. The molecule has 0 spiro atoms. The zero-order valence-corrected chi connectivity index (χ0v) is 21.3. The van der Waals surface area contributed by atoms with E-state index in [1.807, 2.05) is 24.3 Å². The zero-order valence-electron chi connectivity index (χ0n) is 20.5. The molecule has 1 fully saturated rings. The molecule has 178 valence electrons. The van der Waals surface area contributed by atoms with Crippen molar-refractivity contribution in [2.75, 3.05) is 30.4 Å². The highest BCUT2D eigenvalue weighted by Crippen LogP contribution is 2.32. The van der Waals surface area contributed by atoms with E-state index in [9.17, 15) is 0 Å². The normalized spacial score (nSPS) is 20.2. The van der Waals surface area contributed by atoms with Gasteiger partial charge in [0.25, 0.3) is 0 Å². The second kappa shape index (κ2) is 11.2. The summed E-state index contributed by atoms with van der Waals surface area (Å²) < 4.78 is 5.30. The minimum absolute atomic E-state index is 0.477. The molecule has 2 atom stereocenters. The molecule has 0 aromatic heterocycles. The van der Waals surface area contributed by atoms with Crippen LogP contribution < -0.4 is 15.0 Å². The fourth-order valence-corrected chi connectivity index (χ4v) is 5.81. The van der Waals surface area contributed by atoms with Gasteiger partial charge >= 0.3 is 0 Å². The van der Waals surface area contributed by atoms with Gasteiger partial charge in [-0.2, -0.15) is 0 Å². The van der Waals surface area contributed by atoms with Crippen molar-refractivity contribution in [2.45, 2.75) is 71.4 Å². The fraction of sp³-hybridized carbons (Fsp3) is 0.536. The van der Waals surface area contributed by atoms with Crippen LogP contribution in [0.4, 0.5) is 11.4 Å². The van der Waals surface area contributed by atoms with E-state index < -0.39 is 0 Å². The summed E-state index contributed by atoms with van der Waals surface area (Å²) in [6.45, 7) is 7.85. The van der Waals surface area contributed by atoms with E-state index >= 15 is 0 Å². The molecule has 0 radical (unpaired) electrons. The van der Waals surface area contributed by atoms with Crippen LogP contribution in [0.25, 0.3) is 0 Å². The summed E-state index contributed by atoms with van der Waals surface area (Å²) in [7, 11) is 1.69. The van der Waals surface area contributed by atoms with Gasteiger partial charge in [0, 0.05) is 37.1 Å². The van der Waals surface area contributed by atoms with Gasteiger partial charge in [0.2, 0.25) is 0 Å². The van der Waals surface area contributed by atoms with Gasteiger partial charge in [-0.1, -0.05) is 38.8 Å². The number of methoxy groups -OCH3 is 1. The number of ether oxygens (including phenoxy) is 1. The number of rotatable bonds is 7. The van der Waals surface area contributed by atoms with E-state index in [-0.39, 0.29) is 0 Å². The largest absolute Gasteiger partial charge is 0.497 e. The van der Waals surface area contributed by atoms with Crippen LogP contribution in [-0.4, -0.2) is 36.3 Å². The minimum atomic E-state index is 0.477. The molecular formula is C28H39N3OS. The van der Waals surface area contributed by atoms with Gasteiger partial charge in [-0.15, -0.1) is 0 Å². The Kier molecular flexibility index (Phi) is 8.13. The zero-order chi connectivity index (χ0) is 23.2. The van der Waals surface area contributed by atoms with Crippen LogP contribution in [-0.2, 0) is 13.0 Å². The van der Waals surface area contributed by atoms with E-state index in [2.05, 4.69) is 47.2 Å². The van der Waals surface area contributed by atoms with Crippen molar-refractivity contribution < 1.29 is 4.74 Å². The number of hydrogen-bond acceptors (Lipinski definition) is 3. The highest BCUT2D eigenvalue weighted by molar-refractivity contribution is 7.80. The lowest BCUT2D eigenvalue weighted by atomic mass is 9.84. The Labute approximate surface area is 205 Å². The number of thiocarbonyl (C=S) groups is 1. The highest BCUT2D eigenvalue weighted by atomic mass is 32.1. The second-order valence-electron chi connectivity index (χ2n) is 9.67. The van der Waals surface area contributed by atoms with Crippen molar-refractivity contribution in [1.29, 1.82) is 0 Å². The summed E-state index contributed by atoms with van der Waals surface area (Å²) in [4.78, 5) is 5.01. The van der Waals surface area contributed by atoms with Crippen LogP contribution >= 0.6 is 12.2 Å². The van der Waals surface area contributed by atoms with Crippen molar-refractivity contribution in [3.63, 3.8) is 0 Å². The molecule has 33 heavy (non-hydrogen) atoms. The summed E-state index contributed by atoms with van der Waals surface area (Å²) in [6.07, 6.45) is 8.72. The number of anilines is 2. The van der Waals surface area contributed by atoms with E-state index in [1.54, 1.807) is 7.11 Å². The predicted molar refractivity (Wildman–Crippen MR) is 143 cm³/mol. The molecule has 0 amide bonds. The van der Waals surface area contributed by atoms with Crippen molar-refractivity contribution in [2.24, 2.45) is 5.92 Å². The average Bonchev–Trinajstić information content (AvgIpc) is 2.84. The molecule has 1 saturated carbocycles. The Morgan fingerprint density at radius 3 is 2.64 bits per heavy atom. The van der Waals surface area contributed by atoms with Crippen molar-refractivity contribution in [3.8, 4) is 5.75 Å². The van der Waals surface area contributed by atoms with Gasteiger partial charge in [0.1, 0.15) is 5.75 Å². The van der Waals surface area contributed by atoms with Gasteiger partial charge < -0.3 is 19.9 Å². The van der Waals surface area contributed by atoms with Crippen molar-refractivity contribution in [1.82, 2.24) is 4.90 Å². The molecule has 2 aromatic carbocycles. The van der Waals surface area contributed by atoms with Crippen molar-refractivity contribution >= 4 is 28.7 Å². The van der Waals surface area contributed by atoms with Crippen LogP contribution in [0.1, 0.15) is 63.5 Å². The number of hydrogen-bond donors (Lipinski definition) is 1. The first-order valence-corrected chi connectivity index (χ1v) is 13.1. The first-order valence-electron chi connectivity index (χ1n) is 12.7. The predicted octanol–water partition coefficient (Wildman–Crippen LogP) is 6.64. The number of fused-ring (bicyclic) bond motifs is 1. The maximum atomic E-state index is 6.00. The van der Waals surface area contributed by atoms with Crippen molar-refractivity contribution in [3.05, 3.63) is 53.6 Å². The quantitative estimate of drug-likeness (QED) is 0.463. The number of benzene rings is 2. The molecule has 2 aliphatic rings. The lowest BCUT2D eigenvalue weighted by molar-refractivity contribution is 0.177. The summed E-state index contributed by atoms with van der Waals surface area (Å²) in [6, 6.07) is 15.6. The first kappa shape index (κ1) is 23.9. The molecule has 4 rings (SSSR count). The Morgan fingerprint density at radius 2 is 1.91 bits per heavy atom. The SMILES string of the molecule is CCCN1CCCc2cc(CN(C(=S)Nc3ccc(OC)cc3)C3CCCCC3C)ccc21. The van der Waals surface area contributed by atoms with Gasteiger partial charge in [0.15, 0.2) is 5.11 Å². The van der Waals surface area contributed by atoms with Crippen LogP contribution in [0.3, 0.4) is 0 Å². The maximum absolute atomic E-state index is 6.00. The lowest BCUT2D eigenvalue weighted by Crippen LogP contribution is -2.46. The molecule has 0 saturated heterocycles. The molecule has 0 bridgehead atoms. The molecular weight excluding hydrogens is 426 g/mol. The maximum Gasteiger partial charge on any atom is 0.173 e. The highest BCUT2D eigenvalue weighted by Gasteiger charge is 2.29. The molecule has 4 nitrogen and oxygen atoms in total. The third kappa shape index (κ3) is 5.81. The Morgan fingerprint density at radius 1 is 1.12 bits per heavy atom. The third-order valence-electron chi connectivity index (χ3n) is 7.27. The van der Waals surface area contributed by atoms with Gasteiger partial charge in [0.05, 0.1) is 7.11 Å². The molecule has 1 heterocycles. The van der Waals surface area contributed by atoms with Crippen LogP contribution in [0.2, 0.25) is 0 Å². The molecule has 5 heteroatoms. The fourth-order valence-electron chi connectivity index (χ4n) is 5.49. The number of nitrogens with zero attached hydrogens (tertiary/aromatic N) is 2. The molecule has 2 unspecified atom stereocenters. The Hall–Kier alpha value is -2.27. The van der Waals surface area contributed by atoms with E-state index in [0.717, 1.165) is 29.6 Å². The van der Waals surface area contributed by atoms with Gasteiger partial charge in [-0.25, -0.2) is 0 Å². The van der Waals surface area contributed by atoms with Crippen LogP contribution in [0.15, 0.2) is 42.5 Å². The standard InChI is InChI=1S/C28H39N3OS/c1-4-17-30-18-7-9-23-19-22(11-16-27(23)30)20-31(26-10-6-5-8-21(26)2)28(33)29-24-12-14-25(32-3)15-13-24/h11-16,19,21,26H,4-10,17-18,20H2,1-3H3,(H,29,33). The Bertz CT molecular complexity index is 929. The third-order valence-corrected chi connectivity index (χ3v) is 7.61. The van der Waals surface area contributed by atoms with E-state index in [4.69, 9.17) is 17.0 Å². The first-order chi connectivity index (χ1) is 16.1.